The van der Waals surface area contributed by atoms with E-state index >= 15 is 0 Å². The third-order valence-electron chi connectivity index (χ3n) is 0.853. The lowest BCUT2D eigenvalue weighted by Gasteiger charge is -1.87. The van der Waals surface area contributed by atoms with E-state index < -0.39 is 0 Å². The van der Waals surface area contributed by atoms with Crippen molar-refractivity contribution < 1.29 is 4.74 Å². The molecule has 0 aliphatic rings. The van der Waals surface area contributed by atoms with Gasteiger partial charge in [0.05, 0.1) is 13.4 Å². The van der Waals surface area contributed by atoms with Gasteiger partial charge < -0.3 is 4.74 Å². The second-order valence-electron chi connectivity index (χ2n) is 1.60. The lowest BCUT2D eigenvalue weighted by Crippen LogP contribution is -1.68. The van der Waals surface area contributed by atoms with Gasteiger partial charge in [0.1, 0.15) is 0 Å². The molecule has 0 heterocycles. The monoisotopic (exact) mass is 113 g/mol. The van der Waals surface area contributed by atoms with Gasteiger partial charge >= 0.3 is 0 Å². The fourth-order valence-corrected chi connectivity index (χ4v) is 0.426. The van der Waals surface area contributed by atoms with Crippen molar-refractivity contribution in [2.24, 2.45) is 0 Å². The second-order valence-corrected chi connectivity index (χ2v) is 1.60. The highest BCUT2D eigenvalue weighted by Gasteiger charge is 1.75. The second kappa shape index (κ2) is 6.54. The molecule has 0 saturated carbocycles. The van der Waals surface area contributed by atoms with Crippen molar-refractivity contribution in [1.82, 2.24) is 0 Å². The molecule has 0 aromatic heterocycles. The van der Waals surface area contributed by atoms with Gasteiger partial charge in [0, 0.05) is 0 Å². The van der Waals surface area contributed by atoms with Crippen molar-refractivity contribution in [3.63, 3.8) is 0 Å². The highest BCUT2D eigenvalue weighted by atomic mass is 16.5. The Bertz CT molecular complexity index is 57.4. The van der Waals surface area contributed by atoms with Crippen molar-refractivity contribution in [2.45, 2.75) is 19.3 Å². The van der Waals surface area contributed by atoms with Crippen LogP contribution >= 0.6 is 0 Å². The van der Waals surface area contributed by atoms with Crippen LogP contribution in [0, 0.1) is 6.92 Å². The number of rotatable bonds is 4. The van der Waals surface area contributed by atoms with Crippen molar-refractivity contribution in [1.29, 1.82) is 0 Å². The molecule has 0 bridgehead atoms. The first-order valence-electron chi connectivity index (χ1n) is 2.89. The van der Waals surface area contributed by atoms with Gasteiger partial charge in [-0.1, -0.05) is 13.3 Å². The average molecular weight is 113 g/mol. The van der Waals surface area contributed by atoms with Crippen LogP contribution in [0.15, 0.2) is 12.3 Å². The van der Waals surface area contributed by atoms with Crippen molar-refractivity contribution in [3.05, 3.63) is 19.3 Å². The van der Waals surface area contributed by atoms with Crippen LogP contribution in [-0.2, 0) is 4.74 Å². The van der Waals surface area contributed by atoms with E-state index in [1.54, 1.807) is 13.4 Å². The first-order valence-corrected chi connectivity index (χ1v) is 2.89. The van der Waals surface area contributed by atoms with E-state index in [9.17, 15) is 0 Å². The summed E-state index contributed by atoms with van der Waals surface area (Å²) in [4.78, 5) is 0. The summed E-state index contributed by atoms with van der Waals surface area (Å²) in [5.41, 5.74) is 0. The zero-order valence-electron chi connectivity index (χ0n) is 5.39. The lowest BCUT2D eigenvalue weighted by atomic mass is 10.2. The summed E-state index contributed by atoms with van der Waals surface area (Å²) < 4.78 is 4.69. The third-order valence-corrected chi connectivity index (χ3v) is 0.853. The van der Waals surface area contributed by atoms with E-state index in [0.717, 1.165) is 19.3 Å². The van der Waals surface area contributed by atoms with Crippen LogP contribution < -0.4 is 0 Å². The predicted molar refractivity (Wildman–Crippen MR) is 35.4 cm³/mol. The quantitative estimate of drug-likeness (QED) is 0.401. The van der Waals surface area contributed by atoms with Crippen LogP contribution in [0.3, 0.4) is 0 Å². The molecule has 0 unspecified atom stereocenters. The molecule has 0 aliphatic heterocycles. The zero-order chi connectivity index (χ0) is 6.24. The fraction of sp³-hybridized carbons (Fsp3) is 0.571. The van der Waals surface area contributed by atoms with E-state index in [0.29, 0.717) is 0 Å². The molecule has 0 atom stereocenters. The van der Waals surface area contributed by atoms with Crippen LogP contribution in [0.2, 0.25) is 0 Å². The number of unbranched alkanes of at least 4 members (excludes halogenated alkanes) is 2. The van der Waals surface area contributed by atoms with Crippen LogP contribution in [-0.4, -0.2) is 7.11 Å². The summed E-state index contributed by atoms with van der Waals surface area (Å²) in [7, 11) is 1.65. The molecule has 1 heteroatoms. The lowest BCUT2D eigenvalue weighted by molar-refractivity contribution is 0.336. The van der Waals surface area contributed by atoms with E-state index in [1.165, 1.54) is 0 Å². The summed E-state index contributed by atoms with van der Waals surface area (Å²) in [6, 6.07) is 0. The van der Waals surface area contributed by atoms with E-state index in [2.05, 4.69) is 11.7 Å². The summed E-state index contributed by atoms with van der Waals surface area (Å²) in [5, 5.41) is 0. The van der Waals surface area contributed by atoms with Crippen LogP contribution in [0.1, 0.15) is 19.3 Å². The summed E-state index contributed by atoms with van der Waals surface area (Å²) in [6.07, 6.45) is 6.95. The van der Waals surface area contributed by atoms with Gasteiger partial charge in [-0.15, -0.1) is 0 Å². The van der Waals surface area contributed by atoms with Gasteiger partial charge in [-0.2, -0.15) is 0 Å². The van der Waals surface area contributed by atoms with Gasteiger partial charge in [0.2, 0.25) is 0 Å². The highest BCUT2D eigenvalue weighted by Crippen LogP contribution is 1.93. The molecular formula is C7H13O. The van der Waals surface area contributed by atoms with Crippen molar-refractivity contribution >= 4 is 0 Å². The number of methoxy groups -OCH3 is 1. The molecule has 47 valence electrons. The SMILES string of the molecule is [CH2]CCC/C=C/OC. The molecule has 0 aromatic carbocycles. The molecule has 8 heavy (non-hydrogen) atoms. The molecule has 1 radical (unpaired) electrons. The zero-order valence-corrected chi connectivity index (χ0v) is 5.39. The van der Waals surface area contributed by atoms with Crippen LogP contribution in [0.25, 0.3) is 0 Å². The number of allylic oxidation sites excluding steroid dienone is 1. The first-order chi connectivity index (χ1) is 3.91. The molecule has 0 spiro atoms. The fourth-order valence-electron chi connectivity index (χ4n) is 0.426. The Morgan fingerprint density at radius 2 is 2.38 bits per heavy atom. The van der Waals surface area contributed by atoms with Gasteiger partial charge in [-0.3, -0.25) is 0 Å². The molecule has 0 saturated heterocycles. The molecule has 0 fully saturated rings. The van der Waals surface area contributed by atoms with Crippen LogP contribution in [0.4, 0.5) is 0 Å². The smallest absolute Gasteiger partial charge is 0.0784 e. The summed E-state index contributed by atoms with van der Waals surface area (Å²) in [6.45, 7) is 3.71. The Labute approximate surface area is 51.4 Å². The number of ether oxygens (including phenoxy) is 1. The maximum atomic E-state index is 4.69. The number of hydrogen-bond donors (Lipinski definition) is 0. The minimum Gasteiger partial charge on any atom is -0.505 e. The Morgan fingerprint density at radius 1 is 1.62 bits per heavy atom. The van der Waals surface area contributed by atoms with Gasteiger partial charge in [0.25, 0.3) is 0 Å². The highest BCUT2D eigenvalue weighted by molar-refractivity contribution is 4.72. The predicted octanol–water partition coefficient (Wildman–Crippen LogP) is 2.15. The Morgan fingerprint density at radius 3 is 2.88 bits per heavy atom. The van der Waals surface area contributed by atoms with Gasteiger partial charge in [-0.25, -0.2) is 0 Å². The Kier molecular flexibility index (Phi) is 6.16. The van der Waals surface area contributed by atoms with Gasteiger partial charge in [-0.05, 0) is 18.9 Å². The molecule has 0 amide bonds. The van der Waals surface area contributed by atoms with Crippen molar-refractivity contribution in [2.75, 3.05) is 7.11 Å². The van der Waals surface area contributed by atoms with E-state index in [-0.39, 0.29) is 0 Å². The minimum absolute atomic E-state index is 1.01. The molecular weight excluding hydrogens is 100 g/mol. The van der Waals surface area contributed by atoms with Crippen molar-refractivity contribution in [3.8, 4) is 0 Å². The standard InChI is InChI=1S/C7H13O/c1-3-4-5-6-7-8-2/h6-7H,1,3-5H2,2H3/b7-6+. The maximum Gasteiger partial charge on any atom is 0.0784 e. The van der Waals surface area contributed by atoms with Gasteiger partial charge in [0.15, 0.2) is 0 Å². The Balaban J connectivity index is 2.80. The van der Waals surface area contributed by atoms with E-state index in [4.69, 9.17) is 0 Å². The summed E-state index contributed by atoms with van der Waals surface area (Å²) >= 11 is 0. The maximum absolute atomic E-state index is 4.69. The largest absolute Gasteiger partial charge is 0.505 e. The third kappa shape index (κ3) is 5.54. The molecule has 0 rings (SSSR count). The normalized spacial score (nSPS) is 10.2. The molecule has 1 nitrogen and oxygen atoms in total. The molecule has 0 aliphatic carbocycles. The Hall–Kier alpha value is -0.460. The molecule has 0 aromatic rings. The number of hydrogen-bond acceptors (Lipinski definition) is 1. The topological polar surface area (TPSA) is 9.23 Å². The molecule has 0 N–H and O–H groups in total. The minimum atomic E-state index is 1.01. The van der Waals surface area contributed by atoms with E-state index in [1.807, 2.05) is 6.08 Å². The van der Waals surface area contributed by atoms with Crippen LogP contribution in [0.5, 0.6) is 0 Å². The summed E-state index contributed by atoms with van der Waals surface area (Å²) in [5.74, 6) is 0. The average Bonchev–Trinajstić information content (AvgIpc) is 1.81. The first kappa shape index (κ1) is 7.54.